The Labute approximate surface area is 181 Å². The Morgan fingerprint density at radius 3 is 2.96 bits per heavy atom. The highest BCUT2D eigenvalue weighted by Crippen LogP contribution is 2.22. The Kier molecular flexibility index (Phi) is 6.84. The number of ether oxygens (including phenoxy) is 1. The second-order valence-corrected chi connectivity index (χ2v) is 6.64. The summed E-state index contributed by atoms with van der Waals surface area (Å²) in [7, 11) is 3.74. The number of benzene rings is 1. The zero-order valence-electron chi connectivity index (χ0n) is 16.1. The molecule has 0 radical (unpaired) electrons. The zero-order chi connectivity index (χ0) is 18.6. The van der Waals surface area contributed by atoms with Gasteiger partial charge in [0.25, 0.3) is 0 Å². The highest BCUT2D eigenvalue weighted by Gasteiger charge is 2.25. The van der Waals surface area contributed by atoms with Crippen molar-refractivity contribution >= 4 is 40.8 Å². The Balaban J connectivity index is 0.00000225. The molecule has 1 aromatic carbocycles. The van der Waals surface area contributed by atoms with Crippen LogP contribution in [0, 0.1) is 0 Å². The summed E-state index contributed by atoms with van der Waals surface area (Å²) in [4.78, 5) is 11.2. The Morgan fingerprint density at radius 1 is 1.32 bits per heavy atom. The number of guanidine groups is 1. The van der Waals surface area contributed by atoms with Gasteiger partial charge in [-0.25, -0.2) is 0 Å². The van der Waals surface area contributed by atoms with Crippen molar-refractivity contribution < 1.29 is 4.74 Å². The summed E-state index contributed by atoms with van der Waals surface area (Å²) in [6.45, 7) is 2.93. The standard InChI is InChI=1S/C20H24N6O.HI/c1-21-20(23-11-15-7-8-22-18-6-4-3-5-17(15)18)26-9-10-27-19(14-26)16-12-24-25(2)13-16;/h3-8,12-13,19H,9-11,14H2,1-2H3,(H,21,23);1H. The summed E-state index contributed by atoms with van der Waals surface area (Å²) in [5.74, 6) is 0.882. The summed E-state index contributed by atoms with van der Waals surface area (Å²) in [5, 5.41) is 8.91. The highest BCUT2D eigenvalue weighted by molar-refractivity contribution is 14.0. The van der Waals surface area contributed by atoms with Gasteiger partial charge in [0.05, 0.1) is 24.9 Å². The quantitative estimate of drug-likeness (QED) is 0.346. The first-order valence-electron chi connectivity index (χ1n) is 9.13. The average Bonchev–Trinajstić information content (AvgIpc) is 3.15. The summed E-state index contributed by atoms with van der Waals surface area (Å²) in [6.07, 6.45) is 5.74. The number of aryl methyl sites for hydroxylation is 1. The lowest BCUT2D eigenvalue weighted by molar-refractivity contribution is -0.00805. The zero-order valence-corrected chi connectivity index (χ0v) is 18.4. The van der Waals surface area contributed by atoms with Gasteiger partial charge in [-0.2, -0.15) is 5.10 Å². The smallest absolute Gasteiger partial charge is 0.194 e. The van der Waals surface area contributed by atoms with Crippen molar-refractivity contribution in [1.29, 1.82) is 0 Å². The van der Waals surface area contributed by atoms with Crippen molar-refractivity contribution in [3.63, 3.8) is 0 Å². The summed E-state index contributed by atoms with van der Waals surface area (Å²) in [5.41, 5.74) is 3.31. The molecule has 0 bridgehead atoms. The van der Waals surface area contributed by atoms with Crippen LogP contribution in [0.25, 0.3) is 10.9 Å². The molecular weight excluding hydrogens is 467 g/mol. The third-order valence-electron chi connectivity index (χ3n) is 4.85. The van der Waals surface area contributed by atoms with E-state index in [4.69, 9.17) is 4.74 Å². The molecule has 148 valence electrons. The van der Waals surface area contributed by atoms with Gasteiger partial charge in [-0.3, -0.25) is 14.7 Å². The van der Waals surface area contributed by atoms with Crippen LogP contribution in [0.15, 0.2) is 53.9 Å². The van der Waals surface area contributed by atoms with Crippen molar-refractivity contribution in [2.45, 2.75) is 12.6 Å². The van der Waals surface area contributed by atoms with Crippen LogP contribution >= 0.6 is 24.0 Å². The Hall–Kier alpha value is -2.20. The fourth-order valence-electron chi connectivity index (χ4n) is 3.47. The minimum absolute atomic E-state index is 0. The minimum Gasteiger partial charge on any atom is -0.370 e. The number of halogens is 1. The van der Waals surface area contributed by atoms with Crippen LogP contribution in [0.4, 0.5) is 0 Å². The molecule has 28 heavy (non-hydrogen) atoms. The minimum atomic E-state index is 0. The maximum absolute atomic E-state index is 5.94. The number of nitrogens with one attached hydrogen (secondary N) is 1. The van der Waals surface area contributed by atoms with Gasteiger partial charge in [0.1, 0.15) is 6.10 Å². The summed E-state index contributed by atoms with van der Waals surface area (Å²) in [6, 6.07) is 10.3. The normalized spacial score (nSPS) is 17.4. The lowest BCUT2D eigenvalue weighted by Gasteiger charge is -2.34. The van der Waals surface area contributed by atoms with Crippen LogP contribution in [0.5, 0.6) is 0 Å². The molecule has 4 rings (SSSR count). The molecule has 8 heteroatoms. The second-order valence-electron chi connectivity index (χ2n) is 6.64. The van der Waals surface area contributed by atoms with E-state index in [2.05, 4.69) is 37.4 Å². The van der Waals surface area contributed by atoms with Crippen molar-refractivity contribution in [2.75, 3.05) is 26.7 Å². The molecule has 0 spiro atoms. The lowest BCUT2D eigenvalue weighted by Crippen LogP contribution is -2.47. The Morgan fingerprint density at radius 2 is 2.18 bits per heavy atom. The maximum Gasteiger partial charge on any atom is 0.194 e. The predicted octanol–water partition coefficient (Wildman–Crippen LogP) is 2.74. The van der Waals surface area contributed by atoms with E-state index in [0.717, 1.165) is 35.5 Å². The first kappa shape index (κ1) is 20.5. The summed E-state index contributed by atoms with van der Waals surface area (Å²) >= 11 is 0. The van der Waals surface area contributed by atoms with Gasteiger partial charge < -0.3 is 15.0 Å². The third-order valence-corrected chi connectivity index (χ3v) is 4.85. The third kappa shape index (κ3) is 4.44. The Bertz CT molecular complexity index is 951. The van der Waals surface area contributed by atoms with Gasteiger partial charge >= 0.3 is 0 Å². The topological polar surface area (TPSA) is 67.6 Å². The fraction of sp³-hybridized carbons (Fsp3) is 0.350. The molecule has 0 aliphatic carbocycles. The molecule has 0 saturated carbocycles. The number of aliphatic imine (C=N–C) groups is 1. The van der Waals surface area contributed by atoms with Gasteiger partial charge in [-0.05, 0) is 17.7 Å². The van der Waals surface area contributed by atoms with Crippen molar-refractivity contribution in [3.8, 4) is 0 Å². The number of para-hydroxylation sites is 1. The van der Waals surface area contributed by atoms with Crippen LogP contribution in [0.1, 0.15) is 17.2 Å². The number of pyridine rings is 1. The van der Waals surface area contributed by atoms with Gasteiger partial charge in [0, 0.05) is 50.5 Å². The van der Waals surface area contributed by atoms with Gasteiger partial charge in [0.15, 0.2) is 5.96 Å². The van der Waals surface area contributed by atoms with Crippen LogP contribution in [-0.2, 0) is 18.3 Å². The number of nitrogens with zero attached hydrogens (tertiary/aromatic N) is 5. The number of hydrogen-bond donors (Lipinski definition) is 1. The number of morpholine rings is 1. The van der Waals surface area contributed by atoms with E-state index in [1.807, 2.05) is 50.9 Å². The molecule has 1 aliphatic rings. The van der Waals surface area contributed by atoms with Crippen LogP contribution in [0.3, 0.4) is 0 Å². The van der Waals surface area contributed by atoms with Crippen LogP contribution < -0.4 is 5.32 Å². The second kappa shape index (κ2) is 9.33. The molecule has 1 atom stereocenters. The molecular formula is C20H25IN6O. The summed E-state index contributed by atoms with van der Waals surface area (Å²) < 4.78 is 7.74. The fourth-order valence-corrected chi connectivity index (χ4v) is 3.47. The molecule has 0 amide bonds. The van der Waals surface area contributed by atoms with Crippen LogP contribution in [-0.4, -0.2) is 52.4 Å². The number of fused-ring (bicyclic) bond motifs is 1. The van der Waals surface area contributed by atoms with Crippen molar-refractivity contribution in [2.24, 2.45) is 12.0 Å². The first-order valence-corrected chi connectivity index (χ1v) is 9.13. The molecule has 3 heterocycles. The number of hydrogen-bond acceptors (Lipinski definition) is 4. The van der Waals surface area contributed by atoms with E-state index >= 15 is 0 Å². The molecule has 7 nitrogen and oxygen atoms in total. The van der Waals surface area contributed by atoms with E-state index in [1.54, 1.807) is 4.68 Å². The SMILES string of the molecule is CN=C(NCc1ccnc2ccccc12)N1CCOC(c2cnn(C)c2)C1.I. The lowest BCUT2D eigenvalue weighted by atomic mass is 10.1. The maximum atomic E-state index is 5.94. The molecule has 3 aromatic rings. The molecule has 1 unspecified atom stereocenters. The average molecular weight is 492 g/mol. The molecule has 1 saturated heterocycles. The van der Waals surface area contributed by atoms with Gasteiger partial charge in [0.2, 0.25) is 0 Å². The molecule has 1 N–H and O–H groups in total. The number of aromatic nitrogens is 3. The van der Waals surface area contributed by atoms with E-state index in [0.29, 0.717) is 13.2 Å². The van der Waals surface area contributed by atoms with Gasteiger partial charge in [-0.15, -0.1) is 24.0 Å². The molecule has 1 aliphatic heterocycles. The largest absolute Gasteiger partial charge is 0.370 e. The van der Waals surface area contributed by atoms with E-state index in [9.17, 15) is 0 Å². The van der Waals surface area contributed by atoms with Crippen LogP contribution in [0.2, 0.25) is 0 Å². The number of rotatable bonds is 3. The molecule has 1 fully saturated rings. The highest BCUT2D eigenvalue weighted by atomic mass is 127. The van der Waals surface area contributed by atoms with E-state index in [-0.39, 0.29) is 30.1 Å². The van der Waals surface area contributed by atoms with Crippen molar-refractivity contribution in [1.82, 2.24) is 25.0 Å². The van der Waals surface area contributed by atoms with Gasteiger partial charge in [-0.1, -0.05) is 18.2 Å². The van der Waals surface area contributed by atoms with E-state index < -0.39 is 0 Å². The first-order chi connectivity index (χ1) is 13.2. The monoisotopic (exact) mass is 492 g/mol. The molecule has 2 aromatic heterocycles. The van der Waals surface area contributed by atoms with Crippen molar-refractivity contribution in [3.05, 3.63) is 60.0 Å². The van der Waals surface area contributed by atoms with E-state index in [1.165, 1.54) is 5.56 Å². The predicted molar refractivity (Wildman–Crippen MR) is 121 cm³/mol.